The zero-order chi connectivity index (χ0) is 22.8. The predicted octanol–water partition coefficient (Wildman–Crippen LogP) is 3.08. The van der Waals surface area contributed by atoms with Crippen molar-refractivity contribution in [3.63, 3.8) is 0 Å². The Labute approximate surface area is 188 Å². The molecule has 166 valence electrons. The number of aromatic nitrogens is 4. The third-order valence-electron chi connectivity index (χ3n) is 5.28. The Morgan fingerprint density at radius 3 is 2.53 bits per heavy atom. The van der Waals surface area contributed by atoms with Gasteiger partial charge in [0.2, 0.25) is 0 Å². The van der Waals surface area contributed by atoms with Crippen LogP contribution in [0.1, 0.15) is 17.5 Å². The molecule has 0 aliphatic rings. The van der Waals surface area contributed by atoms with Gasteiger partial charge in [0.1, 0.15) is 5.75 Å². The van der Waals surface area contributed by atoms with Crippen LogP contribution in [0.3, 0.4) is 0 Å². The summed E-state index contributed by atoms with van der Waals surface area (Å²) in [6.45, 7) is 2.15. The SMILES string of the molecule is Cc1cccc(Oc2nc3c(c(=O)n(CCCO)c(=O)n3C)n2Cc2ccccc2)c1Cl. The molecule has 4 rings (SSSR count). The molecule has 8 nitrogen and oxygen atoms in total. The molecule has 0 bridgehead atoms. The van der Waals surface area contributed by atoms with Crippen LogP contribution in [0, 0.1) is 6.92 Å². The van der Waals surface area contributed by atoms with Crippen molar-refractivity contribution < 1.29 is 9.84 Å². The topological polar surface area (TPSA) is 91.3 Å². The lowest BCUT2D eigenvalue weighted by atomic mass is 10.2. The first-order valence-electron chi connectivity index (χ1n) is 10.2. The van der Waals surface area contributed by atoms with Crippen molar-refractivity contribution in [2.75, 3.05) is 6.61 Å². The van der Waals surface area contributed by atoms with Gasteiger partial charge in [-0.15, -0.1) is 0 Å². The second-order valence-electron chi connectivity index (χ2n) is 7.50. The number of hydrogen-bond acceptors (Lipinski definition) is 5. The number of ether oxygens (including phenoxy) is 1. The summed E-state index contributed by atoms with van der Waals surface area (Å²) in [4.78, 5) is 30.6. The maximum absolute atomic E-state index is 13.3. The molecule has 2 aromatic carbocycles. The summed E-state index contributed by atoms with van der Waals surface area (Å²) in [7, 11) is 1.56. The number of aliphatic hydroxyl groups is 1. The molecule has 0 radical (unpaired) electrons. The van der Waals surface area contributed by atoms with Crippen LogP contribution in [0.4, 0.5) is 0 Å². The number of rotatable bonds is 7. The monoisotopic (exact) mass is 454 g/mol. The molecule has 0 amide bonds. The highest BCUT2D eigenvalue weighted by molar-refractivity contribution is 6.32. The van der Waals surface area contributed by atoms with Gasteiger partial charge in [-0.1, -0.05) is 54.1 Å². The van der Waals surface area contributed by atoms with Gasteiger partial charge in [0.25, 0.3) is 5.56 Å². The van der Waals surface area contributed by atoms with E-state index < -0.39 is 11.2 Å². The van der Waals surface area contributed by atoms with Crippen molar-refractivity contribution in [1.82, 2.24) is 18.7 Å². The Balaban J connectivity index is 1.96. The van der Waals surface area contributed by atoms with E-state index >= 15 is 0 Å². The molecule has 0 aliphatic heterocycles. The van der Waals surface area contributed by atoms with Crippen molar-refractivity contribution >= 4 is 22.8 Å². The van der Waals surface area contributed by atoms with E-state index in [0.29, 0.717) is 17.3 Å². The molecule has 4 aromatic rings. The van der Waals surface area contributed by atoms with Crippen molar-refractivity contribution in [3.05, 3.63) is 85.5 Å². The van der Waals surface area contributed by atoms with Crippen molar-refractivity contribution in [2.24, 2.45) is 7.05 Å². The van der Waals surface area contributed by atoms with Crippen LogP contribution < -0.4 is 16.0 Å². The van der Waals surface area contributed by atoms with Crippen LogP contribution >= 0.6 is 11.6 Å². The van der Waals surface area contributed by atoms with Crippen LogP contribution in [0.5, 0.6) is 11.8 Å². The summed E-state index contributed by atoms with van der Waals surface area (Å²) < 4.78 is 10.2. The highest BCUT2D eigenvalue weighted by Crippen LogP contribution is 2.32. The molecule has 9 heteroatoms. The first kappa shape index (κ1) is 21.9. The summed E-state index contributed by atoms with van der Waals surface area (Å²) in [5.41, 5.74) is 1.25. The smallest absolute Gasteiger partial charge is 0.332 e. The van der Waals surface area contributed by atoms with E-state index in [1.807, 2.05) is 49.4 Å². The number of aryl methyl sites for hydroxylation is 2. The summed E-state index contributed by atoms with van der Waals surface area (Å²) >= 11 is 6.42. The molecule has 0 unspecified atom stereocenters. The number of nitrogens with zero attached hydrogens (tertiary/aromatic N) is 4. The van der Waals surface area contributed by atoms with E-state index in [0.717, 1.165) is 15.7 Å². The van der Waals surface area contributed by atoms with Gasteiger partial charge in [-0.05, 0) is 30.5 Å². The highest BCUT2D eigenvalue weighted by Gasteiger charge is 2.22. The molecule has 32 heavy (non-hydrogen) atoms. The fourth-order valence-corrected chi connectivity index (χ4v) is 3.73. The number of hydrogen-bond donors (Lipinski definition) is 1. The third kappa shape index (κ3) is 3.94. The lowest BCUT2D eigenvalue weighted by Gasteiger charge is -2.12. The number of imidazole rings is 1. The molecular formula is C23H23ClN4O4. The van der Waals surface area contributed by atoms with Gasteiger partial charge in [-0.25, -0.2) is 4.79 Å². The second kappa shape index (κ2) is 9.02. The summed E-state index contributed by atoms with van der Waals surface area (Å²) in [6, 6.07) is 15.1. The van der Waals surface area contributed by atoms with E-state index in [9.17, 15) is 14.7 Å². The molecular weight excluding hydrogens is 432 g/mol. The molecule has 0 saturated heterocycles. The van der Waals surface area contributed by atoms with Gasteiger partial charge in [0, 0.05) is 20.2 Å². The lowest BCUT2D eigenvalue weighted by Crippen LogP contribution is -2.39. The van der Waals surface area contributed by atoms with Crippen LogP contribution in [-0.4, -0.2) is 30.4 Å². The Hall–Kier alpha value is -3.36. The molecule has 0 spiro atoms. The van der Waals surface area contributed by atoms with Gasteiger partial charge >= 0.3 is 11.7 Å². The highest BCUT2D eigenvalue weighted by atomic mass is 35.5. The van der Waals surface area contributed by atoms with Gasteiger partial charge < -0.3 is 9.84 Å². The largest absolute Gasteiger partial charge is 0.424 e. The van der Waals surface area contributed by atoms with Crippen molar-refractivity contribution in [1.29, 1.82) is 0 Å². The minimum Gasteiger partial charge on any atom is -0.424 e. The van der Waals surface area contributed by atoms with E-state index in [-0.39, 0.29) is 36.7 Å². The van der Waals surface area contributed by atoms with Crippen molar-refractivity contribution in [3.8, 4) is 11.8 Å². The molecule has 1 N–H and O–H groups in total. The van der Waals surface area contributed by atoms with Crippen molar-refractivity contribution in [2.45, 2.75) is 26.4 Å². The Morgan fingerprint density at radius 1 is 1.06 bits per heavy atom. The normalized spacial score (nSPS) is 11.2. The Bertz CT molecular complexity index is 1390. The third-order valence-corrected chi connectivity index (χ3v) is 5.76. The standard InChI is InChI=1S/C23H23ClN4O4/c1-15-8-6-11-17(18(15)24)32-22-25-20-19(28(22)14-16-9-4-3-5-10-16)21(30)27(12-7-13-29)23(31)26(20)2/h3-6,8-11,29H,7,12-14H2,1-2H3. The number of benzene rings is 2. The second-order valence-corrected chi connectivity index (χ2v) is 7.88. The molecule has 0 atom stereocenters. The predicted molar refractivity (Wildman–Crippen MR) is 123 cm³/mol. The number of aliphatic hydroxyl groups excluding tert-OH is 1. The zero-order valence-electron chi connectivity index (χ0n) is 17.8. The maximum Gasteiger partial charge on any atom is 0.332 e. The molecule has 2 aromatic heterocycles. The molecule has 0 aliphatic carbocycles. The van der Waals surface area contributed by atoms with E-state index in [4.69, 9.17) is 16.3 Å². The number of halogens is 1. The minimum absolute atomic E-state index is 0.106. The first-order valence-corrected chi connectivity index (χ1v) is 10.6. The molecule has 0 fully saturated rings. The summed E-state index contributed by atoms with van der Waals surface area (Å²) in [6.07, 6.45) is 0.287. The molecule has 0 saturated carbocycles. The maximum atomic E-state index is 13.3. The quantitative estimate of drug-likeness (QED) is 0.463. The number of fused-ring (bicyclic) bond motifs is 1. The van der Waals surface area contributed by atoms with Crippen LogP contribution in [0.25, 0.3) is 11.2 Å². The van der Waals surface area contributed by atoms with Gasteiger partial charge in [0.15, 0.2) is 11.2 Å². The van der Waals surface area contributed by atoms with Crippen LogP contribution in [0.2, 0.25) is 5.02 Å². The summed E-state index contributed by atoms with van der Waals surface area (Å²) in [5, 5.41) is 9.63. The Morgan fingerprint density at radius 2 is 1.81 bits per heavy atom. The Kier molecular flexibility index (Phi) is 6.16. The lowest BCUT2D eigenvalue weighted by molar-refractivity contribution is 0.277. The minimum atomic E-state index is -0.500. The van der Waals surface area contributed by atoms with E-state index in [2.05, 4.69) is 4.98 Å². The van der Waals surface area contributed by atoms with Crippen LogP contribution in [-0.2, 0) is 20.1 Å². The van der Waals surface area contributed by atoms with E-state index in [1.54, 1.807) is 17.7 Å². The van der Waals surface area contributed by atoms with Gasteiger partial charge in [-0.2, -0.15) is 4.98 Å². The zero-order valence-corrected chi connectivity index (χ0v) is 18.5. The van der Waals surface area contributed by atoms with Crippen LogP contribution in [0.15, 0.2) is 58.1 Å². The first-order chi connectivity index (χ1) is 15.4. The fraction of sp³-hybridized carbons (Fsp3) is 0.261. The molecule has 2 heterocycles. The van der Waals surface area contributed by atoms with E-state index in [1.165, 1.54) is 4.57 Å². The summed E-state index contributed by atoms with van der Waals surface area (Å²) in [5.74, 6) is 0.405. The average Bonchev–Trinajstić information content (AvgIpc) is 3.14. The van der Waals surface area contributed by atoms with Gasteiger partial charge in [-0.3, -0.25) is 18.5 Å². The van der Waals surface area contributed by atoms with Gasteiger partial charge in [0.05, 0.1) is 11.6 Å². The fourth-order valence-electron chi connectivity index (χ4n) is 3.57. The average molecular weight is 455 g/mol.